The van der Waals surface area contributed by atoms with Gasteiger partial charge in [0.05, 0.1) is 12.6 Å². The van der Waals surface area contributed by atoms with E-state index in [-0.39, 0.29) is 30.3 Å². The number of hydrogen-bond acceptors (Lipinski definition) is 5. The van der Waals surface area contributed by atoms with Crippen LogP contribution in [0.15, 0.2) is 42.5 Å². The van der Waals surface area contributed by atoms with E-state index in [1.165, 1.54) is 0 Å². The van der Waals surface area contributed by atoms with Crippen LogP contribution < -0.4 is 16.4 Å². The number of hydrogen-bond donors (Lipinski definition) is 3. The molecule has 1 fully saturated rings. The second-order valence-corrected chi connectivity index (χ2v) is 10.8. The fourth-order valence-corrected chi connectivity index (χ4v) is 4.80. The lowest BCUT2D eigenvalue weighted by atomic mass is 9.85. The van der Waals surface area contributed by atoms with Crippen LogP contribution in [0.1, 0.15) is 46.1 Å². The lowest BCUT2D eigenvalue weighted by molar-refractivity contribution is -0.142. The van der Waals surface area contributed by atoms with Crippen molar-refractivity contribution in [2.24, 2.45) is 11.1 Å². The Kier molecular flexibility index (Phi) is 9.08. The third-order valence-electron chi connectivity index (χ3n) is 7.09. The third kappa shape index (κ3) is 6.42. The molecular weight excluding hydrogens is 454 g/mol. The van der Waals surface area contributed by atoms with Crippen LogP contribution in [0.3, 0.4) is 0 Å². The van der Waals surface area contributed by atoms with Crippen LogP contribution in [0.25, 0.3) is 10.8 Å². The number of carbonyl (C=O) groups excluding carboxylic acids is 3. The van der Waals surface area contributed by atoms with Crippen LogP contribution in [-0.2, 0) is 20.9 Å². The summed E-state index contributed by atoms with van der Waals surface area (Å²) in [5.74, 6) is -0.463. The highest BCUT2D eigenvalue weighted by Crippen LogP contribution is 2.27. The number of nitrogens with one attached hydrogen (secondary N) is 2. The van der Waals surface area contributed by atoms with Gasteiger partial charge in [0.1, 0.15) is 6.04 Å². The highest BCUT2D eigenvalue weighted by molar-refractivity contribution is 5.90. The standard InChI is InChI=1S/C28H41N5O3/c1-19(30-5)26(35)31-25(28(2,3)4)27(36)33-15-9-13-22(33)18-32(24(34)16-29)17-21-12-8-11-20-10-6-7-14-23(20)21/h6-8,10-12,14,19,22,25,30H,9,13,15-18,29H2,1-5H3,(H,31,35)/t19-,22-,25+/m0/s1. The first-order valence-corrected chi connectivity index (χ1v) is 12.8. The molecule has 2 aromatic carbocycles. The van der Waals surface area contributed by atoms with Crippen molar-refractivity contribution in [3.8, 4) is 0 Å². The number of likely N-dealkylation sites (N-methyl/N-ethyl adjacent to an activating group) is 1. The Hall–Kier alpha value is -2.97. The molecule has 196 valence electrons. The van der Waals surface area contributed by atoms with Crippen molar-refractivity contribution >= 4 is 28.5 Å². The van der Waals surface area contributed by atoms with Crippen molar-refractivity contribution in [1.29, 1.82) is 0 Å². The van der Waals surface area contributed by atoms with Gasteiger partial charge in [0.15, 0.2) is 0 Å². The normalized spacial score (nSPS) is 17.6. The molecule has 0 aliphatic carbocycles. The summed E-state index contributed by atoms with van der Waals surface area (Å²) in [6.45, 7) is 8.97. The Labute approximate surface area is 214 Å². The fraction of sp³-hybridized carbons (Fsp3) is 0.536. The minimum absolute atomic E-state index is 0.0893. The largest absolute Gasteiger partial charge is 0.342 e. The van der Waals surface area contributed by atoms with Crippen molar-refractivity contribution in [2.75, 3.05) is 26.7 Å². The third-order valence-corrected chi connectivity index (χ3v) is 7.09. The molecular formula is C28H41N5O3. The van der Waals surface area contributed by atoms with E-state index < -0.39 is 17.5 Å². The van der Waals surface area contributed by atoms with Crippen LogP contribution in [0, 0.1) is 5.41 Å². The van der Waals surface area contributed by atoms with Gasteiger partial charge >= 0.3 is 0 Å². The fourth-order valence-electron chi connectivity index (χ4n) is 4.80. The predicted molar refractivity (Wildman–Crippen MR) is 143 cm³/mol. The number of nitrogens with zero attached hydrogens (tertiary/aromatic N) is 2. The van der Waals surface area contributed by atoms with E-state index in [4.69, 9.17) is 5.73 Å². The van der Waals surface area contributed by atoms with Gasteiger partial charge in [-0.05, 0) is 48.6 Å². The smallest absolute Gasteiger partial charge is 0.246 e. The molecule has 8 heteroatoms. The quantitative estimate of drug-likeness (QED) is 0.495. The zero-order valence-corrected chi connectivity index (χ0v) is 22.2. The summed E-state index contributed by atoms with van der Waals surface area (Å²) in [7, 11) is 1.72. The maximum Gasteiger partial charge on any atom is 0.246 e. The average molecular weight is 496 g/mol. The summed E-state index contributed by atoms with van der Waals surface area (Å²) >= 11 is 0. The van der Waals surface area contributed by atoms with Crippen molar-refractivity contribution < 1.29 is 14.4 Å². The van der Waals surface area contributed by atoms with E-state index in [2.05, 4.69) is 28.8 Å². The molecule has 8 nitrogen and oxygen atoms in total. The van der Waals surface area contributed by atoms with Crippen LogP contribution in [0.2, 0.25) is 0 Å². The monoisotopic (exact) mass is 495 g/mol. The lowest BCUT2D eigenvalue weighted by Crippen LogP contribution is -2.59. The van der Waals surface area contributed by atoms with Gasteiger partial charge in [-0.15, -0.1) is 0 Å². The minimum Gasteiger partial charge on any atom is -0.342 e. The molecule has 0 saturated carbocycles. The molecule has 3 amide bonds. The molecule has 0 bridgehead atoms. The molecule has 1 aliphatic heterocycles. The van der Waals surface area contributed by atoms with Crippen molar-refractivity contribution in [3.63, 3.8) is 0 Å². The van der Waals surface area contributed by atoms with Crippen molar-refractivity contribution in [3.05, 3.63) is 48.0 Å². The molecule has 1 saturated heterocycles. The van der Waals surface area contributed by atoms with Gasteiger partial charge in [0, 0.05) is 25.7 Å². The molecule has 0 unspecified atom stereocenters. The lowest BCUT2D eigenvalue weighted by Gasteiger charge is -2.37. The number of nitrogens with two attached hydrogens (primary N) is 1. The van der Waals surface area contributed by atoms with Gasteiger partial charge in [-0.3, -0.25) is 14.4 Å². The summed E-state index contributed by atoms with van der Waals surface area (Å²) in [6.07, 6.45) is 1.65. The molecule has 3 rings (SSSR count). The summed E-state index contributed by atoms with van der Waals surface area (Å²) in [6, 6.07) is 13.0. The zero-order chi connectivity index (χ0) is 26.5. The molecule has 0 radical (unpaired) electrons. The van der Waals surface area contributed by atoms with E-state index >= 15 is 0 Å². The van der Waals surface area contributed by atoms with Crippen LogP contribution in [-0.4, -0.2) is 72.3 Å². The first kappa shape index (κ1) is 27.6. The maximum absolute atomic E-state index is 13.8. The maximum atomic E-state index is 13.8. The Morgan fingerprint density at radius 1 is 1.14 bits per heavy atom. The van der Waals surface area contributed by atoms with Gasteiger partial charge in [-0.2, -0.15) is 0 Å². The SMILES string of the molecule is CN[C@@H](C)C(=O)N[C@H](C(=O)N1CCC[C@H]1CN(Cc1cccc2ccccc12)C(=O)CN)C(C)(C)C. The van der Waals surface area contributed by atoms with Gasteiger partial charge < -0.3 is 26.2 Å². The average Bonchev–Trinajstić information content (AvgIpc) is 3.33. The van der Waals surface area contributed by atoms with Gasteiger partial charge in [-0.1, -0.05) is 63.2 Å². The van der Waals surface area contributed by atoms with Crippen molar-refractivity contribution in [1.82, 2.24) is 20.4 Å². The Bertz CT molecular complexity index is 1080. The highest BCUT2D eigenvalue weighted by atomic mass is 16.2. The molecule has 4 N–H and O–H groups in total. The Morgan fingerprint density at radius 3 is 2.50 bits per heavy atom. The van der Waals surface area contributed by atoms with Crippen LogP contribution in [0.4, 0.5) is 0 Å². The number of carbonyl (C=O) groups is 3. The summed E-state index contributed by atoms with van der Waals surface area (Å²) in [4.78, 5) is 42.9. The minimum atomic E-state index is -0.668. The first-order valence-electron chi connectivity index (χ1n) is 12.8. The molecule has 3 atom stereocenters. The number of benzene rings is 2. The van der Waals surface area contributed by atoms with Gasteiger partial charge in [0.25, 0.3) is 0 Å². The van der Waals surface area contributed by atoms with E-state index in [1.54, 1.807) is 18.9 Å². The molecule has 36 heavy (non-hydrogen) atoms. The zero-order valence-electron chi connectivity index (χ0n) is 22.2. The Balaban J connectivity index is 1.82. The van der Waals surface area contributed by atoms with Gasteiger partial charge in [0.2, 0.25) is 17.7 Å². The molecule has 0 spiro atoms. The number of amides is 3. The Morgan fingerprint density at radius 2 is 1.83 bits per heavy atom. The van der Waals surface area contributed by atoms with Crippen molar-refractivity contribution in [2.45, 2.75) is 65.2 Å². The second kappa shape index (κ2) is 11.8. The van der Waals surface area contributed by atoms with E-state index in [1.807, 2.05) is 49.9 Å². The van der Waals surface area contributed by atoms with Crippen LogP contribution >= 0.6 is 0 Å². The first-order chi connectivity index (χ1) is 17.1. The number of fused-ring (bicyclic) bond motifs is 1. The summed E-state index contributed by atoms with van der Waals surface area (Å²) in [5, 5.41) is 8.10. The number of likely N-dealkylation sites (tertiary alicyclic amines) is 1. The molecule has 2 aromatic rings. The van der Waals surface area contributed by atoms with E-state index in [0.29, 0.717) is 19.6 Å². The highest BCUT2D eigenvalue weighted by Gasteiger charge is 2.40. The van der Waals surface area contributed by atoms with E-state index in [0.717, 1.165) is 29.2 Å². The van der Waals surface area contributed by atoms with Gasteiger partial charge in [-0.25, -0.2) is 0 Å². The summed E-state index contributed by atoms with van der Waals surface area (Å²) in [5.41, 5.74) is 6.36. The molecule has 1 heterocycles. The predicted octanol–water partition coefficient (Wildman–Crippen LogP) is 2.26. The second-order valence-electron chi connectivity index (χ2n) is 10.8. The topological polar surface area (TPSA) is 108 Å². The van der Waals surface area contributed by atoms with E-state index in [9.17, 15) is 14.4 Å². The number of rotatable bonds is 9. The molecule has 1 aliphatic rings. The summed E-state index contributed by atoms with van der Waals surface area (Å²) < 4.78 is 0. The molecule has 0 aromatic heterocycles. The van der Waals surface area contributed by atoms with Crippen LogP contribution in [0.5, 0.6) is 0 Å².